The van der Waals surface area contributed by atoms with Gasteiger partial charge in [-0.25, -0.2) is 0 Å². The summed E-state index contributed by atoms with van der Waals surface area (Å²) in [6.07, 6.45) is 11.0. The standard InChI is InChI=1S/C11H22P2/c1-12-7-3-5-10(12)9-11-6-4-8-13(11)2/h10-11H,3-9H2,1-2H3. The Bertz CT molecular complexity index is 151. The molecule has 0 saturated carbocycles. The first kappa shape index (κ1) is 10.4. The third kappa shape index (κ3) is 2.45. The minimum absolute atomic E-state index is 0.447. The van der Waals surface area contributed by atoms with Gasteiger partial charge in [0.05, 0.1) is 0 Å². The second-order valence-corrected chi connectivity index (χ2v) is 10.2. The van der Waals surface area contributed by atoms with Crippen molar-refractivity contribution in [3.05, 3.63) is 0 Å². The summed E-state index contributed by atoms with van der Waals surface area (Å²) in [5.74, 6) is 0. The van der Waals surface area contributed by atoms with Gasteiger partial charge in [-0.1, -0.05) is 0 Å². The van der Waals surface area contributed by atoms with Crippen LogP contribution in [0.25, 0.3) is 0 Å². The average molecular weight is 216 g/mol. The molecule has 2 heterocycles. The molecule has 0 N–H and O–H groups in total. The maximum atomic E-state index is 2.54. The highest BCUT2D eigenvalue weighted by Crippen LogP contribution is 2.55. The van der Waals surface area contributed by atoms with E-state index in [2.05, 4.69) is 13.3 Å². The van der Waals surface area contributed by atoms with Crippen molar-refractivity contribution in [1.29, 1.82) is 0 Å². The minimum Gasteiger partial charge on any atom is -0.107 e. The van der Waals surface area contributed by atoms with Crippen molar-refractivity contribution >= 4 is 15.8 Å². The lowest BCUT2D eigenvalue weighted by Crippen LogP contribution is -2.09. The molecule has 2 aliphatic rings. The summed E-state index contributed by atoms with van der Waals surface area (Å²) in [4.78, 5) is 0. The summed E-state index contributed by atoms with van der Waals surface area (Å²) < 4.78 is 0. The third-order valence-electron chi connectivity index (χ3n) is 3.89. The van der Waals surface area contributed by atoms with Gasteiger partial charge in [-0.2, -0.15) is 0 Å². The highest BCUT2D eigenvalue weighted by Gasteiger charge is 2.30. The van der Waals surface area contributed by atoms with E-state index in [1.807, 2.05) is 0 Å². The van der Waals surface area contributed by atoms with Gasteiger partial charge in [0.15, 0.2) is 0 Å². The molecular weight excluding hydrogens is 194 g/mol. The monoisotopic (exact) mass is 216 g/mol. The zero-order valence-corrected chi connectivity index (χ0v) is 10.8. The summed E-state index contributed by atoms with van der Waals surface area (Å²) in [5.41, 5.74) is 2.34. The first-order valence-electron chi connectivity index (χ1n) is 5.68. The van der Waals surface area contributed by atoms with Gasteiger partial charge in [-0.15, -0.1) is 15.8 Å². The van der Waals surface area contributed by atoms with Crippen molar-refractivity contribution in [2.45, 2.75) is 43.4 Å². The molecule has 2 rings (SSSR count). The van der Waals surface area contributed by atoms with Crippen molar-refractivity contribution in [3.8, 4) is 0 Å². The lowest BCUT2D eigenvalue weighted by molar-refractivity contribution is 0.658. The fourth-order valence-electron chi connectivity index (χ4n) is 2.87. The third-order valence-corrected chi connectivity index (χ3v) is 9.36. The van der Waals surface area contributed by atoms with E-state index in [9.17, 15) is 0 Å². The normalized spacial score (nSPS) is 45.7. The zero-order valence-electron chi connectivity index (χ0n) is 9.00. The van der Waals surface area contributed by atoms with Crippen LogP contribution in [0, 0.1) is 0 Å². The largest absolute Gasteiger partial charge is 0.107 e. The van der Waals surface area contributed by atoms with Gasteiger partial charge in [-0.05, 0) is 69.1 Å². The van der Waals surface area contributed by atoms with Crippen LogP contribution in [0.15, 0.2) is 0 Å². The molecule has 0 radical (unpaired) electrons. The summed E-state index contributed by atoms with van der Waals surface area (Å²) in [6, 6.07) is 0. The molecule has 2 aliphatic heterocycles. The second kappa shape index (κ2) is 4.59. The van der Waals surface area contributed by atoms with Crippen molar-refractivity contribution in [1.82, 2.24) is 0 Å². The van der Waals surface area contributed by atoms with Gasteiger partial charge in [0.2, 0.25) is 0 Å². The van der Waals surface area contributed by atoms with Crippen molar-refractivity contribution in [2.75, 3.05) is 25.7 Å². The lowest BCUT2D eigenvalue weighted by Gasteiger charge is -2.23. The molecule has 0 nitrogen and oxygen atoms in total. The number of rotatable bonds is 2. The quantitative estimate of drug-likeness (QED) is 0.613. The molecule has 0 aromatic heterocycles. The summed E-state index contributed by atoms with van der Waals surface area (Å²) >= 11 is 0. The van der Waals surface area contributed by atoms with Crippen LogP contribution >= 0.6 is 15.8 Å². The fourth-order valence-corrected chi connectivity index (χ4v) is 7.60. The van der Waals surface area contributed by atoms with E-state index in [1.54, 1.807) is 44.4 Å². The Morgan fingerprint density at radius 1 is 0.923 bits per heavy atom. The van der Waals surface area contributed by atoms with Crippen molar-refractivity contribution < 1.29 is 0 Å². The molecule has 2 saturated heterocycles. The molecule has 0 amide bonds. The molecule has 0 spiro atoms. The molecule has 0 aromatic rings. The predicted octanol–water partition coefficient (Wildman–Crippen LogP) is 3.92. The number of hydrogen-bond donors (Lipinski definition) is 0. The molecule has 2 heteroatoms. The Morgan fingerprint density at radius 2 is 1.38 bits per heavy atom. The van der Waals surface area contributed by atoms with Crippen LogP contribution in [0.5, 0.6) is 0 Å². The van der Waals surface area contributed by atoms with Crippen LogP contribution in [0.1, 0.15) is 32.1 Å². The molecule has 0 bridgehead atoms. The summed E-state index contributed by atoms with van der Waals surface area (Å²) in [7, 11) is 0.893. The van der Waals surface area contributed by atoms with E-state index in [-0.39, 0.29) is 0 Å². The number of hydrogen-bond acceptors (Lipinski definition) is 0. The van der Waals surface area contributed by atoms with Crippen molar-refractivity contribution in [2.24, 2.45) is 0 Å². The Hall–Kier alpha value is 0.860. The van der Waals surface area contributed by atoms with E-state index >= 15 is 0 Å². The van der Waals surface area contributed by atoms with E-state index < -0.39 is 0 Å². The Kier molecular flexibility index (Phi) is 3.66. The summed E-state index contributed by atoms with van der Waals surface area (Å²) in [6.45, 7) is 5.08. The zero-order chi connectivity index (χ0) is 9.26. The Morgan fingerprint density at radius 3 is 1.69 bits per heavy atom. The predicted molar refractivity (Wildman–Crippen MR) is 66.1 cm³/mol. The van der Waals surface area contributed by atoms with Crippen molar-refractivity contribution in [3.63, 3.8) is 0 Å². The maximum absolute atomic E-state index is 2.54. The van der Waals surface area contributed by atoms with Gasteiger partial charge in [0, 0.05) is 0 Å². The van der Waals surface area contributed by atoms with Gasteiger partial charge in [0.25, 0.3) is 0 Å². The lowest BCUT2D eigenvalue weighted by atomic mass is 10.1. The van der Waals surface area contributed by atoms with Crippen LogP contribution in [0.3, 0.4) is 0 Å². The molecule has 4 unspecified atom stereocenters. The highest BCUT2D eigenvalue weighted by molar-refractivity contribution is 7.59. The molecule has 13 heavy (non-hydrogen) atoms. The smallest absolute Gasteiger partial charge is 0.0206 e. The fraction of sp³-hybridized carbons (Fsp3) is 1.00. The first-order valence-corrected chi connectivity index (χ1v) is 9.76. The van der Waals surface area contributed by atoms with Crippen LogP contribution in [0.2, 0.25) is 0 Å². The van der Waals surface area contributed by atoms with Crippen LogP contribution in [-0.4, -0.2) is 37.0 Å². The van der Waals surface area contributed by atoms with E-state index in [0.717, 1.165) is 0 Å². The molecule has 2 fully saturated rings. The highest BCUT2D eigenvalue weighted by atomic mass is 31.1. The van der Waals surface area contributed by atoms with Crippen LogP contribution in [-0.2, 0) is 0 Å². The molecule has 0 aromatic carbocycles. The van der Waals surface area contributed by atoms with Gasteiger partial charge >= 0.3 is 0 Å². The molecular formula is C11H22P2. The molecule has 0 aliphatic carbocycles. The SMILES string of the molecule is CP1CCCC1CC1CCCP1C. The Labute approximate surface area is 85.4 Å². The van der Waals surface area contributed by atoms with E-state index in [4.69, 9.17) is 0 Å². The Balaban J connectivity index is 1.82. The second-order valence-electron chi connectivity index (χ2n) is 4.79. The van der Waals surface area contributed by atoms with Crippen LogP contribution in [0.4, 0.5) is 0 Å². The van der Waals surface area contributed by atoms with Gasteiger partial charge in [-0.3, -0.25) is 0 Å². The van der Waals surface area contributed by atoms with Gasteiger partial charge in [0.1, 0.15) is 0 Å². The molecule has 76 valence electrons. The average Bonchev–Trinajstić information content (AvgIpc) is 2.65. The first-order chi connectivity index (χ1) is 6.27. The van der Waals surface area contributed by atoms with E-state index in [1.165, 1.54) is 11.3 Å². The maximum Gasteiger partial charge on any atom is -0.0206 e. The molecule has 4 atom stereocenters. The topological polar surface area (TPSA) is 0 Å². The van der Waals surface area contributed by atoms with Crippen LogP contribution < -0.4 is 0 Å². The van der Waals surface area contributed by atoms with E-state index in [0.29, 0.717) is 15.8 Å². The minimum atomic E-state index is 0.447. The van der Waals surface area contributed by atoms with Gasteiger partial charge < -0.3 is 0 Å². The summed E-state index contributed by atoms with van der Waals surface area (Å²) in [5, 5.41) is 0.